The van der Waals surface area contributed by atoms with E-state index in [1.54, 1.807) is 0 Å². The van der Waals surface area contributed by atoms with E-state index in [-0.39, 0.29) is 6.10 Å². The molecule has 0 aliphatic rings. The lowest BCUT2D eigenvalue weighted by Gasteiger charge is -2.19. The summed E-state index contributed by atoms with van der Waals surface area (Å²) in [7, 11) is 0. The summed E-state index contributed by atoms with van der Waals surface area (Å²) in [5, 5.41) is 4.15. The van der Waals surface area contributed by atoms with Gasteiger partial charge in [-0.2, -0.15) is 0 Å². The first kappa shape index (κ1) is 17.3. The van der Waals surface area contributed by atoms with Gasteiger partial charge in [0.05, 0.1) is 0 Å². The average Bonchev–Trinajstić information content (AvgIpc) is 2.43. The van der Waals surface area contributed by atoms with E-state index in [0.717, 1.165) is 38.5 Å². The van der Waals surface area contributed by atoms with E-state index in [4.69, 9.17) is 16.3 Å². The fraction of sp³-hybridized carbons (Fsp3) is 0.625. The van der Waals surface area contributed by atoms with E-state index in [2.05, 4.69) is 31.0 Å². The fourth-order valence-corrected chi connectivity index (χ4v) is 2.27. The number of nitrogens with one attached hydrogen (secondary N) is 1. The topological polar surface area (TPSA) is 24.5 Å². The van der Waals surface area contributed by atoms with Crippen LogP contribution < -0.4 is 10.1 Å². The van der Waals surface area contributed by atoms with Gasteiger partial charge in [0.15, 0.2) is 0 Å². The summed E-state index contributed by atoms with van der Waals surface area (Å²) in [6, 6.07) is 7.54. The number of nitrogens with zero attached hydrogens (tertiary/aromatic N) is 1. The van der Waals surface area contributed by atoms with E-state index in [1.807, 2.05) is 24.3 Å². The summed E-state index contributed by atoms with van der Waals surface area (Å²) in [4.78, 5) is 2.44. The lowest BCUT2D eigenvalue weighted by atomic mass is 10.3. The molecule has 4 heteroatoms. The third-order valence-corrected chi connectivity index (χ3v) is 3.52. The zero-order valence-electron chi connectivity index (χ0n) is 12.9. The molecule has 0 heterocycles. The Balaban J connectivity index is 2.13. The molecule has 1 N–H and O–H groups in total. The molecule has 0 saturated carbocycles. The van der Waals surface area contributed by atoms with E-state index < -0.39 is 0 Å². The van der Waals surface area contributed by atoms with Crippen LogP contribution in [0.4, 0.5) is 0 Å². The van der Waals surface area contributed by atoms with Crippen molar-refractivity contribution in [1.29, 1.82) is 0 Å². The predicted octanol–water partition coefficient (Wildman–Crippen LogP) is 3.43. The summed E-state index contributed by atoms with van der Waals surface area (Å²) in [6.45, 7) is 11.8. The van der Waals surface area contributed by atoms with Gasteiger partial charge in [-0.1, -0.05) is 31.5 Å². The highest BCUT2D eigenvalue weighted by Crippen LogP contribution is 2.18. The Hall–Kier alpha value is -0.770. The van der Waals surface area contributed by atoms with E-state index in [0.29, 0.717) is 5.02 Å². The van der Waals surface area contributed by atoms with Crippen LogP contribution in [0.3, 0.4) is 0 Å². The molecule has 0 spiro atoms. The van der Waals surface area contributed by atoms with Gasteiger partial charge in [0.2, 0.25) is 0 Å². The number of rotatable bonds is 10. The first-order valence-electron chi connectivity index (χ1n) is 7.51. The van der Waals surface area contributed by atoms with Crippen LogP contribution in [0.1, 0.15) is 27.2 Å². The molecule has 0 bridgehead atoms. The van der Waals surface area contributed by atoms with Gasteiger partial charge in [-0.05, 0) is 57.7 Å². The van der Waals surface area contributed by atoms with Crippen LogP contribution in [-0.2, 0) is 0 Å². The molecule has 0 aromatic heterocycles. The predicted molar refractivity (Wildman–Crippen MR) is 86.8 cm³/mol. The normalized spacial score (nSPS) is 12.7. The largest absolute Gasteiger partial charge is 0.489 e. The SMILES string of the molecule is CCN(CC)CCCNCC(C)Oc1cccc(Cl)c1. The van der Waals surface area contributed by atoms with Gasteiger partial charge in [-0.3, -0.25) is 0 Å². The molecule has 1 aromatic rings. The van der Waals surface area contributed by atoms with Crippen LogP contribution in [0.15, 0.2) is 24.3 Å². The second kappa shape index (κ2) is 10.0. The molecule has 1 rings (SSSR count). The zero-order valence-corrected chi connectivity index (χ0v) is 13.6. The van der Waals surface area contributed by atoms with Gasteiger partial charge in [-0.15, -0.1) is 0 Å². The van der Waals surface area contributed by atoms with Crippen LogP contribution in [0.5, 0.6) is 5.75 Å². The summed E-state index contributed by atoms with van der Waals surface area (Å²) in [5.41, 5.74) is 0. The minimum Gasteiger partial charge on any atom is -0.489 e. The molecule has 1 aromatic carbocycles. The molecule has 3 nitrogen and oxygen atoms in total. The summed E-state index contributed by atoms with van der Waals surface area (Å²) >= 11 is 5.93. The molecule has 1 atom stereocenters. The molecule has 0 radical (unpaired) electrons. The van der Waals surface area contributed by atoms with Gasteiger partial charge in [0.25, 0.3) is 0 Å². The van der Waals surface area contributed by atoms with Crippen molar-refractivity contribution in [3.05, 3.63) is 29.3 Å². The van der Waals surface area contributed by atoms with E-state index in [9.17, 15) is 0 Å². The third-order valence-electron chi connectivity index (χ3n) is 3.29. The minimum atomic E-state index is 0.141. The van der Waals surface area contributed by atoms with E-state index >= 15 is 0 Å². The van der Waals surface area contributed by atoms with Gasteiger partial charge in [0.1, 0.15) is 11.9 Å². The molecule has 0 aliphatic carbocycles. The molecule has 1 unspecified atom stereocenters. The summed E-state index contributed by atoms with van der Waals surface area (Å²) in [6.07, 6.45) is 1.31. The maximum absolute atomic E-state index is 5.93. The summed E-state index contributed by atoms with van der Waals surface area (Å²) < 4.78 is 5.81. The van der Waals surface area contributed by atoms with Crippen molar-refractivity contribution in [3.8, 4) is 5.75 Å². The van der Waals surface area contributed by atoms with Crippen LogP contribution in [0.2, 0.25) is 5.02 Å². The Labute approximate surface area is 128 Å². The molecule has 20 heavy (non-hydrogen) atoms. The second-order valence-corrected chi connectivity index (χ2v) is 5.41. The first-order valence-corrected chi connectivity index (χ1v) is 7.88. The lowest BCUT2D eigenvalue weighted by molar-refractivity contribution is 0.215. The number of halogens is 1. The Morgan fingerprint density at radius 1 is 1.30 bits per heavy atom. The Morgan fingerprint density at radius 2 is 2.05 bits per heavy atom. The number of ether oxygens (including phenoxy) is 1. The van der Waals surface area contributed by atoms with Gasteiger partial charge >= 0.3 is 0 Å². The molecule has 0 aliphatic heterocycles. The lowest BCUT2D eigenvalue weighted by Crippen LogP contribution is -2.32. The van der Waals surface area contributed by atoms with Crippen molar-refractivity contribution in [2.75, 3.05) is 32.7 Å². The van der Waals surface area contributed by atoms with Crippen LogP contribution in [-0.4, -0.2) is 43.7 Å². The van der Waals surface area contributed by atoms with Crippen molar-refractivity contribution < 1.29 is 4.74 Å². The number of benzene rings is 1. The Morgan fingerprint density at radius 3 is 2.70 bits per heavy atom. The summed E-state index contributed by atoms with van der Waals surface area (Å²) in [5.74, 6) is 0.829. The monoisotopic (exact) mass is 298 g/mol. The van der Waals surface area contributed by atoms with Gasteiger partial charge in [0, 0.05) is 11.6 Å². The number of hydrogen-bond donors (Lipinski definition) is 1. The Kier molecular flexibility index (Phi) is 8.67. The average molecular weight is 299 g/mol. The third kappa shape index (κ3) is 7.13. The van der Waals surface area contributed by atoms with Crippen molar-refractivity contribution in [2.45, 2.75) is 33.3 Å². The van der Waals surface area contributed by atoms with Crippen LogP contribution >= 0.6 is 11.6 Å². The number of hydrogen-bond acceptors (Lipinski definition) is 3. The second-order valence-electron chi connectivity index (χ2n) is 4.97. The Bertz CT molecular complexity index is 369. The standard InChI is InChI=1S/C16H27ClN2O/c1-4-19(5-2)11-7-10-18-13-14(3)20-16-9-6-8-15(17)12-16/h6,8-9,12,14,18H,4-5,7,10-11,13H2,1-3H3. The maximum atomic E-state index is 5.93. The van der Waals surface area contributed by atoms with Crippen molar-refractivity contribution in [2.24, 2.45) is 0 Å². The van der Waals surface area contributed by atoms with Gasteiger partial charge in [-0.25, -0.2) is 0 Å². The fourth-order valence-electron chi connectivity index (χ4n) is 2.09. The smallest absolute Gasteiger partial charge is 0.121 e. The van der Waals surface area contributed by atoms with Gasteiger partial charge < -0.3 is 15.0 Å². The van der Waals surface area contributed by atoms with Crippen molar-refractivity contribution in [1.82, 2.24) is 10.2 Å². The molecule has 0 saturated heterocycles. The highest BCUT2D eigenvalue weighted by molar-refractivity contribution is 6.30. The first-order chi connectivity index (χ1) is 9.65. The van der Waals surface area contributed by atoms with Crippen molar-refractivity contribution in [3.63, 3.8) is 0 Å². The molecule has 0 amide bonds. The molecule has 114 valence electrons. The molecular formula is C16H27ClN2O. The van der Waals surface area contributed by atoms with Crippen LogP contribution in [0.25, 0.3) is 0 Å². The zero-order chi connectivity index (χ0) is 14.8. The highest BCUT2D eigenvalue weighted by Gasteiger charge is 2.04. The molecule has 0 fully saturated rings. The maximum Gasteiger partial charge on any atom is 0.121 e. The quantitative estimate of drug-likeness (QED) is 0.670. The van der Waals surface area contributed by atoms with Crippen molar-refractivity contribution >= 4 is 11.6 Å². The highest BCUT2D eigenvalue weighted by atomic mass is 35.5. The molecular weight excluding hydrogens is 272 g/mol. The van der Waals surface area contributed by atoms with Crippen LogP contribution in [0, 0.1) is 0 Å². The van der Waals surface area contributed by atoms with E-state index in [1.165, 1.54) is 6.42 Å². The minimum absolute atomic E-state index is 0.141.